The second kappa shape index (κ2) is 4.60. The molecule has 1 heterocycles. The van der Waals surface area contributed by atoms with Crippen LogP contribution in [0.4, 0.5) is 5.69 Å². The highest BCUT2D eigenvalue weighted by atomic mass is 14.9. The average Bonchev–Trinajstić information content (AvgIpc) is 2.69. The Morgan fingerprint density at radius 3 is 2.39 bits per heavy atom. The van der Waals surface area contributed by atoms with E-state index >= 15 is 0 Å². The maximum atomic E-state index is 3.56. The van der Waals surface area contributed by atoms with Crippen molar-refractivity contribution in [2.24, 2.45) is 11.8 Å². The first-order valence-corrected chi connectivity index (χ1v) is 7.19. The second-order valence-electron chi connectivity index (χ2n) is 7.14. The van der Waals surface area contributed by atoms with Crippen LogP contribution in [0.1, 0.15) is 58.6 Å². The number of hydrogen-bond donors (Lipinski definition) is 1. The fraction of sp³-hybridized carbons (Fsp3) is 0.647. The van der Waals surface area contributed by atoms with E-state index in [-0.39, 0.29) is 5.41 Å². The zero-order valence-corrected chi connectivity index (χ0v) is 12.7. The van der Waals surface area contributed by atoms with Crippen LogP contribution in [0.5, 0.6) is 0 Å². The van der Waals surface area contributed by atoms with Crippen LogP contribution in [0.15, 0.2) is 18.2 Å². The molecule has 0 saturated heterocycles. The van der Waals surface area contributed by atoms with Crippen molar-refractivity contribution in [2.75, 3.05) is 11.9 Å². The van der Waals surface area contributed by atoms with Crippen LogP contribution in [0.25, 0.3) is 0 Å². The van der Waals surface area contributed by atoms with Crippen LogP contribution in [-0.2, 0) is 5.41 Å². The van der Waals surface area contributed by atoms with Gasteiger partial charge in [0.25, 0.3) is 0 Å². The predicted molar refractivity (Wildman–Crippen MR) is 80.4 cm³/mol. The summed E-state index contributed by atoms with van der Waals surface area (Å²) in [6, 6.07) is 6.97. The molecule has 0 fully saturated rings. The van der Waals surface area contributed by atoms with Crippen LogP contribution in [0.2, 0.25) is 0 Å². The Hall–Kier alpha value is -0.980. The van der Waals surface area contributed by atoms with Crippen molar-refractivity contribution in [1.29, 1.82) is 0 Å². The zero-order valence-electron chi connectivity index (χ0n) is 12.7. The molecule has 0 aromatic heterocycles. The molecule has 1 aromatic rings. The summed E-state index contributed by atoms with van der Waals surface area (Å²) in [4.78, 5) is 0. The summed E-state index contributed by atoms with van der Waals surface area (Å²) >= 11 is 0. The van der Waals surface area contributed by atoms with E-state index in [2.05, 4.69) is 65.1 Å². The Morgan fingerprint density at radius 2 is 1.83 bits per heavy atom. The normalized spacial score (nSPS) is 20.7. The van der Waals surface area contributed by atoms with Crippen molar-refractivity contribution in [2.45, 2.75) is 52.9 Å². The third-order valence-corrected chi connectivity index (χ3v) is 4.52. The summed E-state index contributed by atoms with van der Waals surface area (Å²) in [5.74, 6) is 2.14. The Bertz CT molecular complexity index is 426. The van der Waals surface area contributed by atoms with Crippen molar-refractivity contribution >= 4 is 5.69 Å². The van der Waals surface area contributed by atoms with E-state index in [0.29, 0.717) is 5.92 Å². The molecule has 0 aliphatic carbocycles. The van der Waals surface area contributed by atoms with E-state index in [1.165, 1.54) is 16.8 Å². The van der Waals surface area contributed by atoms with E-state index in [1.807, 2.05) is 0 Å². The first kappa shape index (κ1) is 13.5. The molecule has 0 spiro atoms. The van der Waals surface area contributed by atoms with Crippen LogP contribution in [0, 0.1) is 11.8 Å². The summed E-state index contributed by atoms with van der Waals surface area (Å²) in [5, 5.41) is 3.56. The maximum Gasteiger partial charge on any atom is 0.0376 e. The lowest BCUT2D eigenvalue weighted by molar-refractivity contribution is 0.362. The van der Waals surface area contributed by atoms with Gasteiger partial charge in [-0.15, -0.1) is 0 Å². The molecule has 1 aliphatic rings. The minimum Gasteiger partial charge on any atom is -0.384 e. The van der Waals surface area contributed by atoms with E-state index in [4.69, 9.17) is 0 Å². The van der Waals surface area contributed by atoms with Crippen LogP contribution in [0.3, 0.4) is 0 Å². The molecule has 1 aliphatic heterocycles. The van der Waals surface area contributed by atoms with Crippen molar-refractivity contribution in [3.8, 4) is 0 Å². The van der Waals surface area contributed by atoms with E-state index in [0.717, 1.165) is 18.4 Å². The quantitative estimate of drug-likeness (QED) is 0.790. The Balaban J connectivity index is 2.36. The van der Waals surface area contributed by atoms with Gasteiger partial charge >= 0.3 is 0 Å². The van der Waals surface area contributed by atoms with Crippen molar-refractivity contribution < 1.29 is 0 Å². The number of fused-ring (bicyclic) bond motifs is 1. The summed E-state index contributed by atoms with van der Waals surface area (Å²) in [5.41, 5.74) is 4.57. The minimum atomic E-state index is 0.239. The van der Waals surface area contributed by atoms with Gasteiger partial charge in [-0.3, -0.25) is 0 Å². The molecular weight excluding hydrogens is 218 g/mol. The molecule has 2 atom stereocenters. The van der Waals surface area contributed by atoms with Gasteiger partial charge in [-0.2, -0.15) is 0 Å². The first-order chi connectivity index (χ1) is 8.30. The monoisotopic (exact) mass is 245 g/mol. The van der Waals surface area contributed by atoms with Crippen molar-refractivity contribution in [3.05, 3.63) is 29.3 Å². The molecule has 1 nitrogen and oxygen atoms in total. The number of hydrogen-bond acceptors (Lipinski definition) is 1. The summed E-state index contributed by atoms with van der Waals surface area (Å²) < 4.78 is 0. The third-order valence-electron chi connectivity index (χ3n) is 4.52. The molecule has 18 heavy (non-hydrogen) atoms. The second-order valence-corrected chi connectivity index (χ2v) is 7.14. The summed E-state index contributed by atoms with van der Waals surface area (Å²) in [6.07, 6.45) is 0. The highest BCUT2D eigenvalue weighted by Crippen LogP contribution is 2.40. The lowest BCUT2D eigenvalue weighted by Gasteiger charge is -2.25. The molecule has 1 N–H and O–H groups in total. The number of benzene rings is 1. The van der Waals surface area contributed by atoms with E-state index in [1.54, 1.807) is 0 Å². The molecule has 2 rings (SSSR count). The van der Waals surface area contributed by atoms with Gasteiger partial charge in [-0.1, -0.05) is 53.7 Å². The lowest BCUT2D eigenvalue weighted by Crippen LogP contribution is -2.17. The van der Waals surface area contributed by atoms with Crippen molar-refractivity contribution in [1.82, 2.24) is 0 Å². The van der Waals surface area contributed by atoms with Gasteiger partial charge in [0.05, 0.1) is 0 Å². The Kier molecular flexibility index (Phi) is 3.44. The first-order valence-electron chi connectivity index (χ1n) is 7.19. The van der Waals surface area contributed by atoms with E-state index < -0.39 is 0 Å². The van der Waals surface area contributed by atoms with Crippen LogP contribution >= 0.6 is 0 Å². The highest BCUT2D eigenvalue weighted by molar-refractivity contribution is 5.59. The lowest BCUT2D eigenvalue weighted by atomic mass is 9.79. The van der Waals surface area contributed by atoms with Gasteiger partial charge in [0.15, 0.2) is 0 Å². The number of anilines is 1. The summed E-state index contributed by atoms with van der Waals surface area (Å²) in [6.45, 7) is 15.0. The number of nitrogens with one attached hydrogen (secondary N) is 1. The van der Waals surface area contributed by atoms with Gasteiger partial charge < -0.3 is 5.32 Å². The molecule has 2 unspecified atom stereocenters. The molecule has 0 saturated carbocycles. The largest absolute Gasteiger partial charge is 0.384 e. The standard InChI is InChI=1S/C17H27N/c1-11(2)12(3)15-10-18-16-8-7-13(9-14(15)16)17(4,5)6/h7-9,11-12,15,18H,10H2,1-6H3. The van der Waals surface area contributed by atoms with Gasteiger partial charge in [0.2, 0.25) is 0 Å². The molecular formula is C17H27N. The Labute approximate surface area is 112 Å². The van der Waals surface area contributed by atoms with Crippen molar-refractivity contribution in [3.63, 3.8) is 0 Å². The fourth-order valence-electron chi connectivity index (χ4n) is 2.76. The molecule has 0 radical (unpaired) electrons. The van der Waals surface area contributed by atoms with Crippen LogP contribution < -0.4 is 5.32 Å². The summed E-state index contributed by atoms with van der Waals surface area (Å²) in [7, 11) is 0. The SMILES string of the molecule is CC(C)C(C)C1CNc2ccc(C(C)(C)C)cc21. The molecule has 0 bridgehead atoms. The topological polar surface area (TPSA) is 12.0 Å². The average molecular weight is 245 g/mol. The Morgan fingerprint density at radius 1 is 1.17 bits per heavy atom. The smallest absolute Gasteiger partial charge is 0.0376 e. The third kappa shape index (κ3) is 2.41. The molecule has 0 amide bonds. The van der Waals surface area contributed by atoms with Gasteiger partial charge in [-0.05, 0) is 34.4 Å². The highest BCUT2D eigenvalue weighted by Gasteiger charge is 2.29. The van der Waals surface area contributed by atoms with E-state index in [9.17, 15) is 0 Å². The number of rotatable bonds is 2. The minimum absolute atomic E-state index is 0.239. The predicted octanol–water partition coefficient (Wildman–Crippen LogP) is 4.79. The van der Waals surface area contributed by atoms with Gasteiger partial charge in [0.1, 0.15) is 0 Å². The maximum absolute atomic E-state index is 3.56. The molecule has 100 valence electrons. The molecule has 1 aromatic carbocycles. The fourth-order valence-corrected chi connectivity index (χ4v) is 2.76. The van der Waals surface area contributed by atoms with Gasteiger partial charge in [0, 0.05) is 18.2 Å². The molecule has 1 heteroatoms. The van der Waals surface area contributed by atoms with Crippen LogP contribution in [-0.4, -0.2) is 6.54 Å². The van der Waals surface area contributed by atoms with Gasteiger partial charge in [-0.25, -0.2) is 0 Å². The zero-order chi connectivity index (χ0) is 13.5.